The molecule has 3 saturated heterocycles. The number of rotatable bonds is 23. The second kappa shape index (κ2) is 39.6. The van der Waals surface area contributed by atoms with Crippen LogP contribution in [0.2, 0.25) is 0 Å². The van der Waals surface area contributed by atoms with E-state index in [0.29, 0.717) is 113 Å². The molecule has 0 saturated carbocycles. The van der Waals surface area contributed by atoms with Gasteiger partial charge in [0.05, 0.1) is 128 Å². The van der Waals surface area contributed by atoms with Crippen molar-refractivity contribution in [2.45, 2.75) is 107 Å². The quantitative estimate of drug-likeness (QED) is 0.0536. The summed E-state index contributed by atoms with van der Waals surface area (Å²) in [5.41, 5.74) is 20.1. The molecule has 0 unspecified atom stereocenters. The van der Waals surface area contributed by atoms with Gasteiger partial charge in [-0.2, -0.15) is 20.1 Å². The lowest BCUT2D eigenvalue weighted by molar-refractivity contribution is 0.0662. The normalized spacial score (nSPS) is 15.3. The van der Waals surface area contributed by atoms with Crippen LogP contribution >= 0.6 is 0 Å². The second-order valence-electron chi connectivity index (χ2n) is 33.0. The van der Waals surface area contributed by atoms with Gasteiger partial charge in [0.2, 0.25) is 17.8 Å². The summed E-state index contributed by atoms with van der Waals surface area (Å²) in [5, 5.41) is 14.5. The molecule has 4 aromatic heterocycles. The largest absolute Gasteiger partial charge is 0.497 e. The number of piperazine rings is 1. The van der Waals surface area contributed by atoms with Gasteiger partial charge >= 0.3 is 18.1 Å². The first kappa shape index (κ1) is 89.3. The van der Waals surface area contributed by atoms with Crippen LogP contribution in [0.1, 0.15) is 92.6 Å². The van der Waals surface area contributed by atoms with Crippen LogP contribution in [0.4, 0.5) is 107 Å². The van der Waals surface area contributed by atoms with Gasteiger partial charge in [-0.1, -0.05) is 67.6 Å². The zero-order valence-corrected chi connectivity index (χ0v) is 76.4. The monoisotopic (exact) mass is 1760 g/mol. The Kier molecular flexibility index (Phi) is 27.2. The van der Waals surface area contributed by atoms with Gasteiger partial charge in [0.15, 0.2) is 17.5 Å². The Hall–Kier alpha value is -14.1. The third kappa shape index (κ3) is 18.9. The number of anilines is 16. The van der Waals surface area contributed by atoms with E-state index in [4.69, 9.17) is 57.8 Å². The molecular formula is C99H112N20O11. The van der Waals surface area contributed by atoms with Crippen LogP contribution in [-0.4, -0.2) is 182 Å². The molecule has 6 aliphatic heterocycles. The molecule has 6 aliphatic rings. The summed E-state index contributed by atoms with van der Waals surface area (Å²) < 4.78 is 46.4. The Morgan fingerprint density at radius 2 is 0.754 bits per heavy atom. The van der Waals surface area contributed by atoms with Crippen LogP contribution in [0, 0.1) is 55.4 Å². The van der Waals surface area contributed by atoms with Crippen molar-refractivity contribution in [1.29, 1.82) is 0 Å². The fraction of sp³-hybridized carbons (Fsp3) is 0.333. The fourth-order valence-corrected chi connectivity index (χ4v) is 17.7. The number of likely N-dealkylation sites (N-methyl/N-ethyl adjacent to an activating group) is 1. The molecule has 12 aromatic rings. The van der Waals surface area contributed by atoms with Crippen molar-refractivity contribution in [3.05, 3.63) is 243 Å². The van der Waals surface area contributed by atoms with E-state index in [1.54, 1.807) is 127 Å². The third-order valence-electron chi connectivity index (χ3n) is 24.6. The number of nitrogens with zero attached hydrogens (tertiary/aromatic N) is 17. The van der Waals surface area contributed by atoms with Gasteiger partial charge in [-0.05, 0) is 192 Å². The number of nitrogens with one attached hydrogen (secondary N) is 3. The molecule has 0 spiro atoms. The van der Waals surface area contributed by atoms with E-state index in [1.165, 1.54) is 16.8 Å². The highest BCUT2D eigenvalue weighted by Crippen LogP contribution is 2.48. The number of urea groups is 3. The number of morpholine rings is 1. The average Bonchev–Trinajstić information content (AvgIpc) is 0.881. The highest BCUT2D eigenvalue weighted by atomic mass is 16.5. The minimum atomic E-state index is -0.240. The Bertz CT molecular complexity index is 6090. The summed E-state index contributed by atoms with van der Waals surface area (Å²) in [4.78, 5) is 89.3. The predicted molar refractivity (Wildman–Crippen MR) is 508 cm³/mol. The number of carbonyl (C=O) groups excluding carboxylic acids is 3. The van der Waals surface area contributed by atoms with Crippen molar-refractivity contribution in [3.63, 3.8) is 0 Å². The maximum Gasteiger partial charge on any atom is 0.335 e. The van der Waals surface area contributed by atoms with Crippen LogP contribution in [0.25, 0.3) is 0 Å². The number of hydrogen-bond donors (Lipinski definition) is 3. The lowest BCUT2D eigenvalue weighted by Gasteiger charge is -2.37. The average molecular weight is 1760 g/mol. The Morgan fingerprint density at radius 1 is 0.385 bits per heavy atom. The summed E-state index contributed by atoms with van der Waals surface area (Å²) in [6, 6.07) is 46.5. The Morgan fingerprint density at radius 3 is 1.13 bits per heavy atom. The van der Waals surface area contributed by atoms with Crippen molar-refractivity contribution in [2.24, 2.45) is 0 Å². The maximum absolute atomic E-state index is 14.4. The Labute approximate surface area is 758 Å². The molecule has 3 fully saturated rings. The minimum absolute atomic E-state index is 0.224. The molecule has 31 nitrogen and oxygen atoms in total. The first-order valence-electron chi connectivity index (χ1n) is 43.8. The van der Waals surface area contributed by atoms with Crippen molar-refractivity contribution in [2.75, 3.05) is 165 Å². The number of benzene rings is 8. The number of aromatic nitrogens is 8. The number of aryl methyl sites for hydroxylation is 8. The fourth-order valence-electron chi connectivity index (χ4n) is 17.7. The van der Waals surface area contributed by atoms with Gasteiger partial charge < -0.3 is 63.6 Å². The maximum atomic E-state index is 14.4. The molecule has 3 N–H and O–H groups in total. The number of para-hydroxylation sites is 3. The van der Waals surface area contributed by atoms with Crippen LogP contribution < -0.4 is 78.7 Å². The number of amides is 6. The van der Waals surface area contributed by atoms with Gasteiger partial charge in [0.1, 0.15) is 34.5 Å². The van der Waals surface area contributed by atoms with E-state index in [0.717, 1.165) is 181 Å². The number of carbonyl (C=O) groups is 3. The number of ether oxygens (including phenoxy) is 8. The summed E-state index contributed by atoms with van der Waals surface area (Å²) in [6.07, 6.45) is 10.9. The van der Waals surface area contributed by atoms with Gasteiger partial charge in [-0.15, -0.1) is 0 Å². The van der Waals surface area contributed by atoms with E-state index in [-0.39, 0.29) is 18.1 Å². The first-order chi connectivity index (χ1) is 63.1. The van der Waals surface area contributed by atoms with Gasteiger partial charge in [-0.3, -0.25) is 24.3 Å². The Balaban J connectivity index is 0.000000143. The van der Waals surface area contributed by atoms with Crippen molar-refractivity contribution in [1.82, 2.24) is 49.5 Å². The van der Waals surface area contributed by atoms with Gasteiger partial charge in [0, 0.05) is 136 Å². The van der Waals surface area contributed by atoms with E-state index < -0.39 is 0 Å². The lowest BCUT2D eigenvalue weighted by atomic mass is 10.1. The minimum Gasteiger partial charge on any atom is -0.497 e. The molecule has 130 heavy (non-hydrogen) atoms. The van der Waals surface area contributed by atoms with E-state index >= 15 is 0 Å². The first-order valence-corrected chi connectivity index (χ1v) is 43.8. The summed E-state index contributed by atoms with van der Waals surface area (Å²) in [5.74, 6) is 5.99. The van der Waals surface area contributed by atoms with Crippen molar-refractivity contribution >= 4 is 110 Å². The third-order valence-corrected chi connectivity index (χ3v) is 24.6. The standard InChI is InChI=1S/C36H43N7O3.C33H36N6O4.C30H33N7O4/c1-7-40-15-17-41(18-16-40)22-27-11-12-29(19-26(27)4)38-35-37-21-28-23-42(33-24(2)9-8-10-25(33)3)36(44)43(34(28)39-35)31-14-13-30(45-5)20-32(31)46-6;1-21-7-6-8-22(2)30(21)38-20-24-19-34-32(35-25-9-11-27(23(3)17-25)37-13-15-43-16-14-37)36-31(24)39(33(38)40)28-12-10-26(41-4)18-29(28)42-5;1-19-6-5-7-20(2)27(19)35-17-21-15-31-29(33-22-16-32-36(18-22)23-10-12-41-13-11-23)34-28(21)37(30(35)38)25-9-8-24(39-3)14-26(25)40-4/h8-14,19-21H,7,15-18,22-23H2,1-6H3,(H,37,38,39);6-12,17-19H,13-16,20H2,1-5H3,(H,34,35,36);5-9,14-16,18,23H,10-13,17H2,1-4H3,(H,31,33,34). The highest BCUT2D eigenvalue weighted by molar-refractivity contribution is 6.14. The van der Waals surface area contributed by atoms with Crippen LogP contribution in [0.5, 0.6) is 34.5 Å². The summed E-state index contributed by atoms with van der Waals surface area (Å²) >= 11 is 0. The summed E-state index contributed by atoms with van der Waals surface area (Å²) in [6.45, 7) is 30.7. The second-order valence-corrected chi connectivity index (χ2v) is 33.0. The highest BCUT2D eigenvalue weighted by Gasteiger charge is 2.41. The predicted octanol–water partition coefficient (Wildman–Crippen LogP) is 18.5. The van der Waals surface area contributed by atoms with Crippen molar-refractivity contribution in [3.8, 4) is 34.5 Å². The molecule has 18 rings (SSSR count). The van der Waals surface area contributed by atoms with Crippen LogP contribution in [0.3, 0.4) is 0 Å². The number of hydrogen-bond acceptors (Lipinski definition) is 24. The zero-order chi connectivity index (χ0) is 91.0. The zero-order valence-electron chi connectivity index (χ0n) is 76.4. The number of methoxy groups -OCH3 is 6. The van der Waals surface area contributed by atoms with Crippen molar-refractivity contribution < 1.29 is 52.3 Å². The molecule has 0 bridgehead atoms. The van der Waals surface area contributed by atoms with Gasteiger partial charge in [-0.25, -0.2) is 44.0 Å². The molecule has 6 amide bonds. The van der Waals surface area contributed by atoms with E-state index in [9.17, 15) is 14.4 Å². The smallest absolute Gasteiger partial charge is 0.335 e. The van der Waals surface area contributed by atoms with Crippen LogP contribution in [0.15, 0.2) is 177 Å². The SMILES string of the molecule is CCN1CCN(Cc2ccc(Nc3ncc4c(n3)N(c3ccc(OC)cc3OC)C(=O)N(c3c(C)cccc3C)C4)cc2C)CC1.COc1ccc(N2C(=O)N(c3c(C)cccc3C)Cc3cnc(Nc4ccc(N5CCOCC5)c(C)c4)nc32)c(OC)c1.COc1ccc(N2C(=O)N(c3c(C)cccc3C)Cc3cnc(Nc4cnn(C5CCOCC5)c4)nc32)c(OC)c1. The molecular weight excluding hydrogens is 1650 g/mol. The topological polar surface area (TPSA) is 285 Å². The molecule has 0 aliphatic carbocycles. The molecule has 0 radical (unpaired) electrons. The van der Waals surface area contributed by atoms with Crippen LogP contribution in [-0.2, 0) is 35.7 Å². The van der Waals surface area contributed by atoms with Gasteiger partial charge in [0.25, 0.3) is 0 Å². The van der Waals surface area contributed by atoms with E-state index in [1.807, 2.05) is 137 Å². The molecule has 674 valence electrons. The molecule has 8 aromatic carbocycles. The lowest BCUT2D eigenvalue weighted by Crippen LogP contribution is -2.46. The number of fused-ring (bicyclic) bond motifs is 3. The summed E-state index contributed by atoms with van der Waals surface area (Å²) in [7, 11) is 9.52. The molecule has 0 atom stereocenters. The molecule has 31 heteroatoms. The molecule has 10 heterocycles. The van der Waals surface area contributed by atoms with E-state index in [2.05, 4.69) is 96.8 Å².